The highest BCUT2D eigenvalue weighted by molar-refractivity contribution is 6.31. The molecule has 1 aliphatic rings. The number of hydrogen-bond donors (Lipinski definition) is 0. The molecule has 126 valence electrons. The van der Waals surface area contributed by atoms with Crippen LogP contribution in [0.3, 0.4) is 0 Å². The van der Waals surface area contributed by atoms with Crippen molar-refractivity contribution in [2.75, 3.05) is 28.1 Å². The summed E-state index contributed by atoms with van der Waals surface area (Å²) in [4.78, 5) is 12.4. The van der Waals surface area contributed by atoms with Crippen molar-refractivity contribution in [3.05, 3.63) is 34.9 Å². The number of fused-ring (bicyclic) bond motifs is 1. The van der Waals surface area contributed by atoms with Crippen molar-refractivity contribution in [2.45, 2.75) is 0 Å². The van der Waals surface area contributed by atoms with Gasteiger partial charge in [-0.15, -0.1) is 0 Å². The van der Waals surface area contributed by atoms with Crippen molar-refractivity contribution in [1.82, 2.24) is 0 Å². The Morgan fingerprint density at radius 1 is 1.08 bits per heavy atom. The second-order valence-electron chi connectivity index (χ2n) is 4.90. The van der Waals surface area contributed by atoms with E-state index in [1.165, 1.54) is 21.3 Å². The minimum atomic E-state index is -0.567. The Balaban J connectivity index is 2.36. The van der Waals surface area contributed by atoms with E-state index in [0.717, 1.165) is 0 Å². The number of hydrogen-bond acceptors (Lipinski definition) is 6. The predicted molar refractivity (Wildman–Crippen MR) is 87.5 cm³/mol. The Bertz CT molecular complexity index is 802. The van der Waals surface area contributed by atoms with E-state index in [-0.39, 0.29) is 18.1 Å². The van der Waals surface area contributed by atoms with Gasteiger partial charge in [-0.3, -0.25) is 0 Å². The second-order valence-corrected chi connectivity index (χ2v) is 5.34. The molecule has 24 heavy (non-hydrogen) atoms. The molecule has 0 amide bonds. The fraction of sp³-hybridized carbons (Fsp3) is 0.235. The van der Waals surface area contributed by atoms with E-state index in [2.05, 4.69) is 0 Å². The smallest absolute Gasteiger partial charge is 0.342 e. The SMILES string of the molecule is COC(=O)c1c(-c2cc(Cl)ccc2OC)cc2c(c1OC)OCO2. The Hall–Kier alpha value is -2.60. The van der Waals surface area contributed by atoms with Crippen molar-refractivity contribution in [2.24, 2.45) is 0 Å². The molecule has 0 fully saturated rings. The summed E-state index contributed by atoms with van der Waals surface area (Å²) in [5, 5.41) is 0.498. The van der Waals surface area contributed by atoms with Crippen LogP contribution >= 0.6 is 11.6 Å². The molecular weight excluding hydrogens is 336 g/mol. The monoisotopic (exact) mass is 350 g/mol. The molecule has 0 aromatic heterocycles. The number of esters is 1. The average Bonchev–Trinajstić information content (AvgIpc) is 3.07. The summed E-state index contributed by atoms with van der Waals surface area (Å²) >= 11 is 6.12. The summed E-state index contributed by atoms with van der Waals surface area (Å²) in [5.41, 5.74) is 1.34. The third kappa shape index (κ3) is 2.59. The summed E-state index contributed by atoms with van der Waals surface area (Å²) < 4.78 is 26.6. The van der Waals surface area contributed by atoms with Gasteiger partial charge in [0.2, 0.25) is 12.5 Å². The summed E-state index contributed by atoms with van der Waals surface area (Å²) in [6.07, 6.45) is 0. The van der Waals surface area contributed by atoms with Crippen molar-refractivity contribution in [3.63, 3.8) is 0 Å². The fourth-order valence-corrected chi connectivity index (χ4v) is 2.79. The van der Waals surface area contributed by atoms with Crippen LogP contribution in [0, 0.1) is 0 Å². The van der Waals surface area contributed by atoms with Crippen LogP contribution in [0.25, 0.3) is 11.1 Å². The molecule has 0 saturated heterocycles. The molecular formula is C17H15ClO6. The summed E-state index contributed by atoms with van der Waals surface area (Å²) in [6, 6.07) is 6.80. The zero-order valence-corrected chi connectivity index (χ0v) is 14.1. The number of rotatable bonds is 4. The van der Waals surface area contributed by atoms with E-state index in [1.807, 2.05) is 0 Å². The van der Waals surface area contributed by atoms with Gasteiger partial charge in [0.1, 0.15) is 11.3 Å². The highest BCUT2D eigenvalue weighted by Crippen LogP contribution is 2.49. The first-order valence-electron chi connectivity index (χ1n) is 7.03. The first-order chi connectivity index (χ1) is 11.6. The van der Waals surface area contributed by atoms with Gasteiger partial charge in [-0.05, 0) is 24.3 Å². The average molecular weight is 351 g/mol. The largest absolute Gasteiger partial charge is 0.496 e. The lowest BCUT2D eigenvalue weighted by Gasteiger charge is -2.16. The minimum Gasteiger partial charge on any atom is -0.496 e. The van der Waals surface area contributed by atoms with Crippen LogP contribution in [-0.2, 0) is 4.74 Å². The quantitative estimate of drug-likeness (QED) is 0.786. The number of ether oxygens (including phenoxy) is 5. The topological polar surface area (TPSA) is 63.2 Å². The van der Waals surface area contributed by atoms with Crippen molar-refractivity contribution >= 4 is 17.6 Å². The molecule has 0 saturated carbocycles. The molecule has 3 rings (SSSR count). The predicted octanol–water partition coefficient (Wildman–Crippen LogP) is 3.54. The molecule has 0 radical (unpaired) electrons. The lowest BCUT2D eigenvalue weighted by atomic mass is 9.96. The maximum Gasteiger partial charge on any atom is 0.342 e. The number of carbonyl (C=O) groups excluding carboxylic acids is 1. The van der Waals surface area contributed by atoms with Gasteiger partial charge in [0, 0.05) is 16.1 Å². The van der Waals surface area contributed by atoms with Gasteiger partial charge in [0.15, 0.2) is 11.5 Å². The van der Waals surface area contributed by atoms with E-state index in [1.54, 1.807) is 24.3 Å². The Morgan fingerprint density at radius 3 is 2.54 bits per heavy atom. The summed E-state index contributed by atoms with van der Waals surface area (Å²) in [5.74, 6) is 1.06. The molecule has 7 heteroatoms. The van der Waals surface area contributed by atoms with Gasteiger partial charge in [-0.1, -0.05) is 11.6 Å². The van der Waals surface area contributed by atoms with Crippen LogP contribution < -0.4 is 18.9 Å². The van der Waals surface area contributed by atoms with E-state index in [4.69, 9.17) is 35.3 Å². The molecule has 0 unspecified atom stereocenters. The molecule has 0 aliphatic carbocycles. The Kier molecular flexibility index (Phi) is 4.40. The van der Waals surface area contributed by atoms with Gasteiger partial charge in [0.05, 0.1) is 21.3 Å². The summed E-state index contributed by atoms with van der Waals surface area (Å²) in [7, 11) is 4.28. The van der Waals surface area contributed by atoms with E-state index >= 15 is 0 Å². The van der Waals surface area contributed by atoms with Crippen molar-refractivity contribution in [1.29, 1.82) is 0 Å². The zero-order chi connectivity index (χ0) is 17.3. The van der Waals surface area contributed by atoms with Crippen molar-refractivity contribution < 1.29 is 28.5 Å². The molecule has 0 bridgehead atoms. The number of methoxy groups -OCH3 is 3. The second kappa shape index (κ2) is 6.49. The maximum atomic E-state index is 12.4. The first-order valence-corrected chi connectivity index (χ1v) is 7.41. The molecule has 0 N–H and O–H groups in total. The summed E-state index contributed by atoms with van der Waals surface area (Å²) in [6.45, 7) is 0.0441. The minimum absolute atomic E-state index is 0.0441. The number of halogens is 1. The van der Waals surface area contributed by atoms with Gasteiger partial charge in [0.25, 0.3) is 0 Å². The molecule has 0 atom stereocenters. The van der Waals surface area contributed by atoms with Gasteiger partial charge >= 0.3 is 5.97 Å². The first kappa shape index (κ1) is 16.3. The molecule has 0 spiro atoms. The molecule has 6 nitrogen and oxygen atoms in total. The van der Waals surface area contributed by atoms with E-state index in [0.29, 0.717) is 33.4 Å². The number of carbonyl (C=O) groups is 1. The van der Waals surface area contributed by atoms with Crippen LogP contribution in [0.2, 0.25) is 5.02 Å². The van der Waals surface area contributed by atoms with Gasteiger partial charge < -0.3 is 23.7 Å². The van der Waals surface area contributed by atoms with E-state index in [9.17, 15) is 4.79 Å². The van der Waals surface area contributed by atoms with Crippen LogP contribution in [0.4, 0.5) is 0 Å². The normalized spacial score (nSPS) is 12.0. The van der Waals surface area contributed by atoms with Crippen LogP contribution in [-0.4, -0.2) is 34.1 Å². The third-order valence-electron chi connectivity index (χ3n) is 3.66. The lowest BCUT2D eigenvalue weighted by molar-refractivity contribution is 0.0597. The zero-order valence-electron chi connectivity index (χ0n) is 13.3. The third-order valence-corrected chi connectivity index (χ3v) is 3.90. The van der Waals surface area contributed by atoms with Crippen molar-refractivity contribution in [3.8, 4) is 34.1 Å². The highest BCUT2D eigenvalue weighted by atomic mass is 35.5. The van der Waals surface area contributed by atoms with Crippen LogP contribution in [0.15, 0.2) is 24.3 Å². The van der Waals surface area contributed by atoms with Crippen LogP contribution in [0.5, 0.6) is 23.0 Å². The Labute approximate surface area is 143 Å². The maximum absolute atomic E-state index is 12.4. The molecule has 2 aromatic carbocycles. The fourth-order valence-electron chi connectivity index (χ4n) is 2.61. The van der Waals surface area contributed by atoms with Gasteiger partial charge in [-0.2, -0.15) is 0 Å². The van der Waals surface area contributed by atoms with Gasteiger partial charge in [-0.25, -0.2) is 4.79 Å². The Morgan fingerprint density at radius 2 is 1.88 bits per heavy atom. The molecule has 1 heterocycles. The van der Waals surface area contributed by atoms with Crippen LogP contribution in [0.1, 0.15) is 10.4 Å². The standard InChI is InChI=1S/C17H15ClO6/c1-20-12-5-4-9(18)6-10(12)11-7-13-15(24-8-23-13)16(21-2)14(11)17(19)22-3/h4-7H,8H2,1-3H3. The van der Waals surface area contributed by atoms with E-state index < -0.39 is 5.97 Å². The molecule has 2 aromatic rings. The highest BCUT2D eigenvalue weighted by Gasteiger charge is 2.31. The molecule has 1 aliphatic heterocycles. The number of benzene rings is 2. The lowest BCUT2D eigenvalue weighted by Crippen LogP contribution is -2.07.